The lowest BCUT2D eigenvalue weighted by molar-refractivity contribution is -0.126. The molecule has 0 aromatic heterocycles. The molecule has 1 rings (SSSR count). The molecule has 2 atom stereocenters. The lowest BCUT2D eigenvalue weighted by Gasteiger charge is -2.11. The zero-order valence-corrected chi connectivity index (χ0v) is 7.54. The van der Waals surface area contributed by atoms with Gasteiger partial charge in [0.15, 0.2) is 0 Å². The van der Waals surface area contributed by atoms with E-state index in [9.17, 15) is 9.59 Å². The third kappa shape index (κ3) is 3.02. The molecule has 1 saturated heterocycles. The average Bonchev–Trinajstić information content (AvgIpc) is 2.47. The smallest absolute Gasteiger partial charge is 0.242 e. The summed E-state index contributed by atoms with van der Waals surface area (Å²) in [5.74, 6) is -0.302. The van der Waals surface area contributed by atoms with Crippen LogP contribution in [0.15, 0.2) is 0 Å². The van der Waals surface area contributed by atoms with Gasteiger partial charge in [0.05, 0.1) is 6.10 Å². The van der Waals surface area contributed by atoms with E-state index >= 15 is 0 Å². The largest absolute Gasteiger partial charge is 0.392 e. The van der Waals surface area contributed by atoms with Gasteiger partial charge in [-0.25, -0.2) is 0 Å². The van der Waals surface area contributed by atoms with Gasteiger partial charge in [-0.1, -0.05) is 0 Å². The highest BCUT2D eigenvalue weighted by molar-refractivity contribution is 5.90. The van der Waals surface area contributed by atoms with E-state index in [4.69, 9.17) is 5.11 Å². The van der Waals surface area contributed by atoms with Gasteiger partial charge in [-0.05, 0) is 13.3 Å². The lowest BCUT2D eigenvalue weighted by Crippen LogP contribution is -2.43. The quantitative estimate of drug-likeness (QED) is 0.516. The molecule has 5 heteroatoms. The van der Waals surface area contributed by atoms with Crippen LogP contribution in [-0.4, -0.2) is 35.6 Å². The predicted molar refractivity (Wildman–Crippen MR) is 45.9 cm³/mol. The second-order valence-electron chi connectivity index (χ2n) is 3.25. The zero-order valence-electron chi connectivity index (χ0n) is 7.54. The minimum atomic E-state index is -0.555. The van der Waals surface area contributed by atoms with Crippen LogP contribution in [0.4, 0.5) is 0 Å². The molecule has 1 heterocycles. The van der Waals surface area contributed by atoms with E-state index in [2.05, 4.69) is 10.6 Å². The van der Waals surface area contributed by atoms with Gasteiger partial charge in [-0.15, -0.1) is 0 Å². The fourth-order valence-electron chi connectivity index (χ4n) is 1.18. The summed E-state index contributed by atoms with van der Waals surface area (Å²) in [5, 5.41) is 14.0. The van der Waals surface area contributed by atoms with Crippen molar-refractivity contribution < 1.29 is 14.7 Å². The molecular weight excluding hydrogens is 172 g/mol. The van der Waals surface area contributed by atoms with Gasteiger partial charge >= 0.3 is 0 Å². The van der Waals surface area contributed by atoms with E-state index in [1.54, 1.807) is 6.92 Å². The Morgan fingerprint density at radius 1 is 1.85 bits per heavy atom. The Labute approximate surface area is 76.5 Å². The maximum Gasteiger partial charge on any atom is 0.242 e. The van der Waals surface area contributed by atoms with Crippen LogP contribution in [-0.2, 0) is 9.59 Å². The number of aliphatic hydroxyl groups excluding tert-OH is 1. The molecule has 1 aliphatic rings. The van der Waals surface area contributed by atoms with Crippen molar-refractivity contribution in [1.82, 2.24) is 10.6 Å². The van der Waals surface area contributed by atoms with Crippen molar-refractivity contribution in [2.24, 2.45) is 0 Å². The molecule has 0 aromatic rings. The Morgan fingerprint density at radius 2 is 2.54 bits per heavy atom. The van der Waals surface area contributed by atoms with Gasteiger partial charge in [0.1, 0.15) is 6.04 Å². The maximum absolute atomic E-state index is 11.3. The summed E-state index contributed by atoms with van der Waals surface area (Å²) in [6.45, 7) is 1.82. The Morgan fingerprint density at radius 3 is 3.00 bits per heavy atom. The average molecular weight is 186 g/mol. The molecule has 0 aliphatic carbocycles. The van der Waals surface area contributed by atoms with Gasteiger partial charge in [0, 0.05) is 13.0 Å². The molecule has 0 spiro atoms. The van der Waals surface area contributed by atoms with Crippen molar-refractivity contribution in [2.75, 3.05) is 6.54 Å². The first-order valence-corrected chi connectivity index (χ1v) is 4.34. The minimum absolute atomic E-state index is 0.0859. The standard InChI is InChI=1S/C8H14N2O3/c1-5(11)4-9-8(13)6-2-3-7(12)10-6/h5-6,11H,2-4H2,1H3,(H,9,13)(H,10,12)/t5-,6+/m1/s1. The molecule has 13 heavy (non-hydrogen) atoms. The second kappa shape index (κ2) is 4.23. The van der Waals surface area contributed by atoms with Crippen LogP contribution in [0.5, 0.6) is 0 Å². The zero-order chi connectivity index (χ0) is 9.84. The molecule has 0 saturated carbocycles. The highest BCUT2D eigenvalue weighted by atomic mass is 16.3. The van der Waals surface area contributed by atoms with E-state index in [0.717, 1.165) is 0 Å². The molecule has 0 unspecified atom stereocenters. The summed E-state index contributed by atoms with van der Waals surface area (Å²) in [6.07, 6.45) is 0.401. The fraction of sp³-hybridized carbons (Fsp3) is 0.750. The summed E-state index contributed by atoms with van der Waals surface area (Å²) < 4.78 is 0. The van der Waals surface area contributed by atoms with Crippen molar-refractivity contribution in [1.29, 1.82) is 0 Å². The maximum atomic E-state index is 11.3. The van der Waals surface area contributed by atoms with Crippen molar-refractivity contribution in [2.45, 2.75) is 31.9 Å². The van der Waals surface area contributed by atoms with Crippen molar-refractivity contribution in [3.8, 4) is 0 Å². The highest BCUT2D eigenvalue weighted by Gasteiger charge is 2.26. The first kappa shape index (κ1) is 9.98. The first-order chi connectivity index (χ1) is 6.09. The van der Waals surface area contributed by atoms with Crippen LogP contribution < -0.4 is 10.6 Å². The topological polar surface area (TPSA) is 78.4 Å². The highest BCUT2D eigenvalue weighted by Crippen LogP contribution is 2.05. The predicted octanol–water partition coefficient (Wildman–Crippen LogP) is -1.24. The molecule has 3 N–H and O–H groups in total. The SMILES string of the molecule is C[C@@H](O)CNC(=O)[C@@H]1CCC(=O)N1. The number of rotatable bonds is 3. The van der Waals surface area contributed by atoms with E-state index in [-0.39, 0.29) is 18.4 Å². The monoisotopic (exact) mass is 186 g/mol. The van der Waals surface area contributed by atoms with Gasteiger partial charge < -0.3 is 15.7 Å². The molecule has 0 radical (unpaired) electrons. The van der Waals surface area contributed by atoms with Crippen LogP contribution >= 0.6 is 0 Å². The van der Waals surface area contributed by atoms with Gasteiger partial charge in [-0.2, -0.15) is 0 Å². The van der Waals surface area contributed by atoms with Crippen LogP contribution in [0.1, 0.15) is 19.8 Å². The molecule has 0 aromatic carbocycles. The van der Waals surface area contributed by atoms with E-state index in [1.807, 2.05) is 0 Å². The number of nitrogens with one attached hydrogen (secondary N) is 2. The Bertz CT molecular complexity index is 215. The van der Waals surface area contributed by atoms with Crippen LogP contribution in [0.3, 0.4) is 0 Å². The van der Waals surface area contributed by atoms with Crippen LogP contribution in [0, 0.1) is 0 Å². The molecule has 5 nitrogen and oxygen atoms in total. The summed E-state index contributed by atoms with van der Waals surface area (Å²) in [5.41, 5.74) is 0. The Hall–Kier alpha value is -1.10. The summed E-state index contributed by atoms with van der Waals surface area (Å²) in [6, 6.07) is -0.411. The minimum Gasteiger partial charge on any atom is -0.392 e. The lowest BCUT2D eigenvalue weighted by atomic mass is 10.2. The van der Waals surface area contributed by atoms with E-state index < -0.39 is 12.1 Å². The molecule has 1 aliphatic heterocycles. The third-order valence-corrected chi connectivity index (χ3v) is 1.88. The van der Waals surface area contributed by atoms with Crippen molar-refractivity contribution in [3.05, 3.63) is 0 Å². The number of carbonyl (C=O) groups excluding carboxylic acids is 2. The second-order valence-corrected chi connectivity index (χ2v) is 3.25. The molecular formula is C8H14N2O3. The normalized spacial score (nSPS) is 23.8. The first-order valence-electron chi connectivity index (χ1n) is 4.34. The van der Waals surface area contributed by atoms with Crippen LogP contribution in [0.2, 0.25) is 0 Å². The van der Waals surface area contributed by atoms with Crippen molar-refractivity contribution in [3.63, 3.8) is 0 Å². The fourth-order valence-corrected chi connectivity index (χ4v) is 1.18. The number of amides is 2. The van der Waals surface area contributed by atoms with Crippen molar-refractivity contribution >= 4 is 11.8 Å². The molecule has 1 fully saturated rings. The Kier molecular flexibility index (Phi) is 3.25. The molecule has 2 amide bonds. The van der Waals surface area contributed by atoms with Gasteiger partial charge in [-0.3, -0.25) is 9.59 Å². The number of hydrogen-bond acceptors (Lipinski definition) is 3. The third-order valence-electron chi connectivity index (χ3n) is 1.88. The number of hydrogen-bond donors (Lipinski definition) is 3. The van der Waals surface area contributed by atoms with E-state index in [0.29, 0.717) is 12.8 Å². The summed E-state index contributed by atoms with van der Waals surface area (Å²) >= 11 is 0. The number of carbonyl (C=O) groups is 2. The van der Waals surface area contributed by atoms with Gasteiger partial charge in [0.2, 0.25) is 11.8 Å². The summed E-state index contributed by atoms with van der Waals surface area (Å²) in [7, 11) is 0. The Balaban J connectivity index is 2.27. The van der Waals surface area contributed by atoms with E-state index in [1.165, 1.54) is 0 Å². The molecule has 0 bridgehead atoms. The van der Waals surface area contributed by atoms with Crippen LogP contribution in [0.25, 0.3) is 0 Å². The summed E-state index contributed by atoms with van der Waals surface area (Å²) in [4.78, 5) is 22.0. The van der Waals surface area contributed by atoms with Gasteiger partial charge in [0.25, 0.3) is 0 Å². The number of aliphatic hydroxyl groups is 1. The molecule has 74 valence electrons.